The number of aryl methyl sites for hydroxylation is 1. The van der Waals surface area contributed by atoms with E-state index in [0.717, 1.165) is 11.3 Å². The number of fused-ring (bicyclic) bond motifs is 1. The van der Waals surface area contributed by atoms with E-state index in [2.05, 4.69) is 20.8 Å². The number of nitrogens with zero attached hydrogens (tertiary/aromatic N) is 2. The van der Waals surface area contributed by atoms with E-state index in [4.69, 9.17) is 9.47 Å². The first kappa shape index (κ1) is 16.8. The molecule has 4 rings (SSSR count). The van der Waals surface area contributed by atoms with Gasteiger partial charge < -0.3 is 20.1 Å². The summed E-state index contributed by atoms with van der Waals surface area (Å²) in [6, 6.07) is 16.5. The Labute approximate surface area is 156 Å². The highest BCUT2D eigenvalue weighted by molar-refractivity contribution is 6.03. The first-order chi connectivity index (χ1) is 13.2. The van der Waals surface area contributed by atoms with E-state index in [1.54, 1.807) is 30.3 Å². The van der Waals surface area contributed by atoms with Crippen molar-refractivity contribution in [3.05, 3.63) is 65.9 Å². The van der Waals surface area contributed by atoms with Crippen LogP contribution in [-0.2, 0) is 0 Å². The highest BCUT2D eigenvalue weighted by Crippen LogP contribution is 2.32. The van der Waals surface area contributed by atoms with Gasteiger partial charge in [0.1, 0.15) is 13.2 Å². The molecule has 0 spiro atoms. The van der Waals surface area contributed by atoms with Crippen LogP contribution in [0.1, 0.15) is 16.1 Å². The Bertz CT molecular complexity index is 973. The standard InChI is InChI=1S/C20H18N4O3/c1-13-4-2-3-5-15(13)22-19-9-7-16(23-24-19)20(25)21-14-6-8-17-18(12-14)27-11-10-26-17/h2-9,12H,10-11H2,1H3,(H,21,25)(H,22,24). The molecule has 7 nitrogen and oxygen atoms in total. The number of anilines is 3. The maximum atomic E-state index is 12.4. The third-order valence-electron chi connectivity index (χ3n) is 4.11. The Hall–Kier alpha value is -3.61. The van der Waals surface area contributed by atoms with Gasteiger partial charge in [-0.05, 0) is 42.8 Å². The second kappa shape index (κ2) is 7.33. The van der Waals surface area contributed by atoms with E-state index >= 15 is 0 Å². The normalized spacial score (nSPS) is 12.3. The number of aromatic nitrogens is 2. The minimum Gasteiger partial charge on any atom is -0.486 e. The van der Waals surface area contributed by atoms with Crippen LogP contribution in [0.15, 0.2) is 54.6 Å². The third kappa shape index (κ3) is 3.82. The number of amides is 1. The summed E-state index contributed by atoms with van der Waals surface area (Å²) in [6.45, 7) is 3.02. The van der Waals surface area contributed by atoms with Gasteiger partial charge >= 0.3 is 0 Å². The van der Waals surface area contributed by atoms with Crippen molar-refractivity contribution in [1.29, 1.82) is 0 Å². The minimum atomic E-state index is -0.346. The Morgan fingerprint density at radius 2 is 1.78 bits per heavy atom. The molecule has 1 aliphatic heterocycles. The van der Waals surface area contributed by atoms with E-state index < -0.39 is 0 Å². The molecule has 0 saturated heterocycles. The second-order valence-electron chi connectivity index (χ2n) is 6.06. The van der Waals surface area contributed by atoms with Gasteiger partial charge in [0.15, 0.2) is 23.0 Å². The summed E-state index contributed by atoms with van der Waals surface area (Å²) in [6.07, 6.45) is 0. The quantitative estimate of drug-likeness (QED) is 0.738. The van der Waals surface area contributed by atoms with Gasteiger partial charge in [0.2, 0.25) is 0 Å². The van der Waals surface area contributed by atoms with E-state index in [1.807, 2.05) is 31.2 Å². The highest BCUT2D eigenvalue weighted by atomic mass is 16.6. The van der Waals surface area contributed by atoms with Crippen LogP contribution in [0.5, 0.6) is 11.5 Å². The van der Waals surface area contributed by atoms with Crippen molar-refractivity contribution in [2.24, 2.45) is 0 Å². The zero-order chi connectivity index (χ0) is 18.6. The molecule has 0 saturated carbocycles. The van der Waals surface area contributed by atoms with Gasteiger partial charge in [-0.1, -0.05) is 18.2 Å². The summed E-state index contributed by atoms with van der Waals surface area (Å²) in [5, 5.41) is 14.1. The average molecular weight is 362 g/mol. The van der Waals surface area contributed by atoms with Crippen LogP contribution in [0.4, 0.5) is 17.2 Å². The fourth-order valence-electron chi connectivity index (χ4n) is 2.69. The Morgan fingerprint density at radius 3 is 2.56 bits per heavy atom. The summed E-state index contributed by atoms with van der Waals surface area (Å²) in [4.78, 5) is 12.4. The molecular weight excluding hydrogens is 344 g/mol. The van der Waals surface area contributed by atoms with Crippen molar-refractivity contribution in [3.8, 4) is 11.5 Å². The maximum Gasteiger partial charge on any atom is 0.276 e. The Balaban J connectivity index is 1.44. The van der Waals surface area contributed by atoms with Crippen LogP contribution in [0, 0.1) is 6.92 Å². The number of hydrogen-bond acceptors (Lipinski definition) is 6. The predicted molar refractivity (Wildman–Crippen MR) is 102 cm³/mol. The van der Waals surface area contributed by atoms with E-state index in [-0.39, 0.29) is 11.6 Å². The van der Waals surface area contributed by atoms with Crippen molar-refractivity contribution in [1.82, 2.24) is 10.2 Å². The lowest BCUT2D eigenvalue weighted by Crippen LogP contribution is -2.17. The van der Waals surface area contributed by atoms with Crippen molar-refractivity contribution >= 4 is 23.1 Å². The molecule has 0 unspecified atom stereocenters. The predicted octanol–water partition coefficient (Wildman–Crippen LogP) is 3.55. The monoisotopic (exact) mass is 362 g/mol. The van der Waals surface area contributed by atoms with E-state index in [0.29, 0.717) is 36.2 Å². The number of para-hydroxylation sites is 1. The number of benzene rings is 2. The zero-order valence-electron chi connectivity index (χ0n) is 14.7. The lowest BCUT2D eigenvalue weighted by molar-refractivity contribution is 0.102. The Kier molecular flexibility index (Phi) is 4.57. The number of rotatable bonds is 4. The molecule has 0 radical (unpaired) electrons. The van der Waals surface area contributed by atoms with Crippen LogP contribution in [0.25, 0.3) is 0 Å². The number of hydrogen-bond donors (Lipinski definition) is 2. The first-order valence-corrected chi connectivity index (χ1v) is 8.56. The zero-order valence-corrected chi connectivity index (χ0v) is 14.7. The van der Waals surface area contributed by atoms with Gasteiger partial charge in [-0.15, -0.1) is 10.2 Å². The molecule has 2 aromatic carbocycles. The van der Waals surface area contributed by atoms with Crippen LogP contribution < -0.4 is 20.1 Å². The molecule has 0 atom stereocenters. The van der Waals surface area contributed by atoms with E-state index in [1.165, 1.54) is 0 Å². The van der Waals surface area contributed by atoms with E-state index in [9.17, 15) is 4.79 Å². The summed E-state index contributed by atoms with van der Waals surface area (Å²) in [5.74, 6) is 1.51. The maximum absolute atomic E-state index is 12.4. The minimum absolute atomic E-state index is 0.222. The van der Waals surface area contributed by atoms with Gasteiger partial charge in [-0.25, -0.2) is 0 Å². The fourth-order valence-corrected chi connectivity index (χ4v) is 2.69. The molecule has 27 heavy (non-hydrogen) atoms. The first-order valence-electron chi connectivity index (χ1n) is 8.56. The number of carbonyl (C=O) groups excluding carboxylic acids is 1. The molecule has 7 heteroatoms. The third-order valence-corrected chi connectivity index (χ3v) is 4.11. The molecule has 136 valence electrons. The summed E-state index contributed by atoms with van der Waals surface area (Å²) < 4.78 is 11.0. The van der Waals surface area contributed by atoms with Crippen LogP contribution in [0.3, 0.4) is 0 Å². The highest BCUT2D eigenvalue weighted by Gasteiger charge is 2.14. The fraction of sp³-hybridized carbons (Fsp3) is 0.150. The summed E-state index contributed by atoms with van der Waals surface area (Å²) >= 11 is 0. The number of carbonyl (C=O) groups is 1. The number of ether oxygens (including phenoxy) is 2. The number of nitrogens with one attached hydrogen (secondary N) is 2. The van der Waals surface area contributed by atoms with Gasteiger partial charge in [0, 0.05) is 17.4 Å². The van der Waals surface area contributed by atoms with Gasteiger partial charge in [-0.3, -0.25) is 4.79 Å². The molecule has 0 aliphatic carbocycles. The lowest BCUT2D eigenvalue weighted by Gasteiger charge is -2.18. The van der Waals surface area contributed by atoms with Gasteiger partial charge in [0.05, 0.1) is 0 Å². The summed E-state index contributed by atoms with van der Waals surface area (Å²) in [7, 11) is 0. The molecule has 1 aliphatic rings. The van der Waals surface area contributed by atoms with Crippen molar-refractivity contribution in [2.45, 2.75) is 6.92 Å². The topological polar surface area (TPSA) is 85.4 Å². The average Bonchev–Trinajstić information content (AvgIpc) is 2.70. The molecule has 2 heterocycles. The van der Waals surface area contributed by atoms with Crippen molar-refractivity contribution in [2.75, 3.05) is 23.8 Å². The summed E-state index contributed by atoms with van der Waals surface area (Å²) in [5.41, 5.74) is 2.87. The van der Waals surface area contributed by atoms with Crippen LogP contribution >= 0.6 is 0 Å². The van der Waals surface area contributed by atoms with Crippen molar-refractivity contribution < 1.29 is 14.3 Å². The molecular formula is C20H18N4O3. The largest absolute Gasteiger partial charge is 0.486 e. The van der Waals surface area contributed by atoms with Crippen LogP contribution in [-0.4, -0.2) is 29.3 Å². The van der Waals surface area contributed by atoms with Crippen LogP contribution in [0.2, 0.25) is 0 Å². The molecule has 3 aromatic rings. The molecule has 1 aromatic heterocycles. The Morgan fingerprint density at radius 1 is 0.963 bits per heavy atom. The lowest BCUT2D eigenvalue weighted by atomic mass is 10.2. The molecule has 0 bridgehead atoms. The molecule has 1 amide bonds. The molecule has 0 fully saturated rings. The SMILES string of the molecule is Cc1ccccc1Nc1ccc(C(=O)Nc2ccc3c(c2)OCCO3)nn1. The van der Waals surface area contributed by atoms with Crippen molar-refractivity contribution in [3.63, 3.8) is 0 Å². The van der Waals surface area contributed by atoms with Gasteiger partial charge in [-0.2, -0.15) is 0 Å². The smallest absolute Gasteiger partial charge is 0.276 e. The molecule has 2 N–H and O–H groups in total. The second-order valence-corrected chi connectivity index (χ2v) is 6.06. The van der Waals surface area contributed by atoms with Gasteiger partial charge in [0.25, 0.3) is 5.91 Å².